The van der Waals surface area contributed by atoms with Gasteiger partial charge in [-0.05, 0) is 31.5 Å². The highest BCUT2D eigenvalue weighted by Gasteiger charge is 2.31. The fraction of sp³-hybridized carbons (Fsp3) is 0.267. The minimum absolute atomic E-state index is 0.0753. The van der Waals surface area contributed by atoms with Gasteiger partial charge in [-0.25, -0.2) is 0 Å². The molecule has 24 heavy (non-hydrogen) atoms. The van der Waals surface area contributed by atoms with Gasteiger partial charge >= 0.3 is 6.18 Å². The molecule has 0 radical (unpaired) electrons. The normalized spacial score (nSPS) is 12.9. The number of carbonyl (C=O) groups excluding carboxylic acids is 2. The van der Waals surface area contributed by atoms with Crippen LogP contribution >= 0.6 is 0 Å². The van der Waals surface area contributed by atoms with Crippen LogP contribution in [-0.2, 0) is 6.18 Å². The molecule has 2 amide bonds. The molecule has 1 heterocycles. The van der Waals surface area contributed by atoms with Gasteiger partial charge in [-0.2, -0.15) is 18.3 Å². The molecule has 6 nitrogen and oxygen atoms in total. The minimum Gasteiger partial charge on any atom is -0.364 e. The quantitative estimate of drug-likeness (QED) is 0.889. The van der Waals surface area contributed by atoms with E-state index in [4.69, 9.17) is 11.5 Å². The Bertz CT molecular complexity index is 812. The van der Waals surface area contributed by atoms with Crippen LogP contribution in [0.3, 0.4) is 0 Å². The molecule has 0 saturated heterocycles. The van der Waals surface area contributed by atoms with Crippen LogP contribution in [0.25, 0.3) is 0 Å². The number of carbonyl (C=O) groups is 2. The van der Waals surface area contributed by atoms with E-state index in [2.05, 4.69) is 5.10 Å². The summed E-state index contributed by atoms with van der Waals surface area (Å²) in [5.41, 5.74) is 9.90. The Morgan fingerprint density at radius 3 is 2.33 bits per heavy atom. The molecule has 0 bridgehead atoms. The van der Waals surface area contributed by atoms with E-state index in [9.17, 15) is 22.8 Å². The van der Waals surface area contributed by atoms with E-state index in [1.807, 2.05) is 0 Å². The van der Waals surface area contributed by atoms with Crippen molar-refractivity contribution < 1.29 is 22.8 Å². The zero-order chi connectivity index (χ0) is 18.2. The molecule has 9 heteroatoms. The largest absolute Gasteiger partial charge is 0.416 e. The van der Waals surface area contributed by atoms with Gasteiger partial charge in [0.2, 0.25) is 0 Å². The lowest BCUT2D eigenvalue weighted by Gasteiger charge is -2.17. The summed E-state index contributed by atoms with van der Waals surface area (Å²) in [7, 11) is 0. The second-order valence-electron chi connectivity index (χ2n) is 5.29. The maximum absolute atomic E-state index is 12.9. The first-order valence-corrected chi connectivity index (χ1v) is 6.90. The fourth-order valence-electron chi connectivity index (χ4n) is 2.44. The third-order valence-corrected chi connectivity index (χ3v) is 3.68. The molecular formula is C15H15F3N4O2. The van der Waals surface area contributed by atoms with Gasteiger partial charge in [0.25, 0.3) is 11.8 Å². The zero-order valence-electron chi connectivity index (χ0n) is 12.9. The zero-order valence-corrected chi connectivity index (χ0v) is 12.9. The van der Waals surface area contributed by atoms with E-state index in [1.54, 1.807) is 6.92 Å². The smallest absolute Gasteiger partial charge is 0.364 e. The van der Waals surface area contributed by atoms with Crippen LogP contribution < -0.4 is 11.5 Å². The van der Waals surface area contributed by atoms with Crippen molar-refractivity contribution in [1.82, 2.24) is 9.78 Å². The molecule has 0 aliphatic heterocycles. The molecule has 1 aromatic heterocycles. The number of benzene rings is 1. The SMILES string of the molecule is Cc1c(C(N)=O)nn([C@H](C)c2cccc(C(F)(F)F)c2)c1C(N)=O. The average molecular weight is 340 g/mol. The number of hydrogen-bond acceptors (Lipinski definition) is 3. The summed E-state index contributed by atoms with van der Waals surface area (Å²) in [6, 6.07) is 3.85. The number of amides is 2. The van der Waals surface area contributed by atoms with Gasteiger partial charge in [0, 0.05) is 5.56 Å². The van der Waals surface area contributed by atoms with Crippen LogP contribution in [0.2, 0.25) is 0 Å². The molecule has 1 aromatic carbocycles. The van der Waals surface area contributed by atoms with Gasteiger partial charge in [0.1, 0.15) is 5.69 Å². The highest BCUT2D eigenvalue weighted by atomic mass is 19.4. The molecule has 0 fully saturated rings. The van der Waals surface area contributed by atoms with Crippen molar-refractivity contribution in [1.29, 1.82) is 0 Å². The van der Waals surface area contributed by atoms with Gasteiger partial charge in [0.15, 0.2) is 5.69 Å². The third kappa shape index (κ3) is 3.10. The van der Waals surface area contributed by atoms with Crippen LogP contribution in [0.15, 0.2) is 24.3 Å². The van der Waals surface area contributed by atoms with Crippen LogP contribution in [-0.4, -0.2) is 21.6 Å². The second-order valence-corrected chi connectivity index (χ2v) is 5.29. The monoisotopic (exact) mass is 340 g/mol. The second kappa shape index (κ2) is 5.99. The molecule has 0 spiro atoms. The summed E-state index contributed by atoms with van der Waals surface area (Å²) in [5, 5.41) is 3.96. The van der Waals surface area contributed by atoms with Gasteiger partial charge in [-0.1, -0.05) is 12.1 Å². The molecule has 2 aromatic rings. The topological polar surface area (TPSA) is 104 Å². The summed E-state index contributed by atoms with van der Waals surface area (Å²) in [6.07, 6.45) is -4.50. The van der Waals surface area contributed by atoms with Crippen molar-refractivity contribution >= 4 is 11.8 Å². The van der Waals surface area contributed by atoms with Crippen LogP contribution in [0.1, 0.15) is 50.6 Å². The van der Waals surface area contributed by atoms with E-state index >= 15 is 0 Å². The Kier molecular flexibility index (Phi) is 4.37. The summed E-state index contributed by atoms with van der Waals surface area (Å²) in [4.78, 5) is 23.1. The standard InChI is InChI=1S/C15H15F3N4O2/c1-7-11(13(19)23)21-22(12(7)14(20)24)8(2)9-4-3-5-10(6-9)15(16,17)18/h3-6,8H,1-2H3,(H2,19,23)(H2,20,24)/t8-/m1/s1. The van der Waals surface area contributed by atoms with Gasteiger partial charge < -0.3 is 11.5 Å². The summed E-state index contributed by atoms with van der Waals surface area (Å²) in [5.74, 6) is -1.71. The Hall–Kier alpha value is -2.84. The third-order valence-electron chi connectivity index (χ3n) is 3.68. The van der Waals surface area contributed by atoms with Crippen molar-refractivity contribution in [3.8, 4) is 0 Å². The maximum atomic E-state index is 12.9. The fourth-order valence-corrected chi connectivity index (χ4v) is 2.44. The molecule has 0 unspecified atom stereocenters. The number of aromatic nitrogens is 2. The highest BCUT2D eigenvalue weighted by Crippen LogP contribution is 2.32. The summed E-state index contributed by atoms with van der Waals surface area (Å²) >= 11 is 0. The molecule has 1 atom stereocenters. The van der Waals surface area contributed by atoms with E-state index < -0.39 is 29.6 Å². The lowest BCUT2D eigenvalue weighted by Crippen LogP contribution is -2.21. The van der Waals surface area contributed by atoms with E-state index in [-0.39, 0.29) is 22.5 Å². The molecular weight excluding hydrogens is 325 g/mol. The first kappa shape index (κ1) is 17.5. The van der Waals surface area contributed by atoms with E-state index in [0.717, 1.165) is 16.8 Å². The lowest BCUT2D eigenvalue weighted by atomic mass is 10.0. The Labute approximate surface area is 135 Å². The number of primary amides is 2. The molecule has 2 rings (SSSR count). The Balaban J connectivity index is 2.58. The highest BCUT2D eigenvalue weighted by molar-refractivity contribution is 5.99. The van der Waals surface area contributed by atoms with E-state index in [1.165, 1.54) is 19.1 Å². The number of alkyl halides is 3. The van der Waals surface area contributed by atoms with Crippen LogP contribution in [0.4, 0.5) is 13.2 Å². The number of nitrogens with two attached hydrogens (primary N) is 2. The molecule has 0 aliphatic rings. The average Bonchev–Trinajstić information content (AvgIpc) is 2.83. The molecule has 128 valence electrons. The molecule has 0 saturated carbocycles. The van der Waals surface area contributed by atoms with Gasteiger partial charge in [-0.3, -0.25) is 14.3 Å². The van der Waals surface area contributed by atoms with Gasteiger partial charge in [0.05, 0.1) is 11.6 Å². The first-order valence-electron chi connectivity index (χ1n) is 6.90. The number of nitrogens with zero attached hydrogens (tertiary/aromatic N) is 2. The molecule has 0 aliphatic carbocycles. The number of hydrogen-bond donors (Lipinski definition) is 2. The predicted octanol–water partition coefficient (Wildman–Crippen LogP) is 2.02. The Morgan fingerprint density at radius 1 is 1.21 bits per heavy atom. The van der Waals surface area contributed by atoms with Gasteiger partial charge in [-0.15, -0.1) is 0 Å². The summed E-state index contributed by atoms with van der Waals surface area (Å²) in [6.45, 7) is 2.99. The predicted molar refractivity (Wildman–Crippen MR) is 79.3 cm³/mol. The van der Waals surface area contributed by atoms with Crippen molar-refractivity contribution in [2.75, 3.05) is 0 Å². The minimum atomic E-state index is -4.50. The Morgan fingerprint density at radius 2 is 1.83 bits per heavy atom. The van der Waals surface area contributed by atoms with Crippen molar-refractivity contribution in [2.45, 2.75) is 26.1 Å². The van der Waals surface area contributed by atoms with E-state index in [0.29, 0.717) is 0 Å². The first-order chi connectivity index (χ1) is 11.0. The van der Waals surface area contributed by atoms with Crippen molar-refractivity contribution in [3.63, 3.8) is 0 Å². The van der Waals surface area contributed by atoms with Crippen molar-refractivity contribution in [3.05, 3.63) is 52.3 Å². The lowest BCUT2D eigenvalue weighted by molar-refractivity contribution is -0.137. The maximum Gasteiger partial charge on any atom is 0.416 e. The van der Waals surface area contributed by atoms with Crippen LogP contribution in [0, 0.1) is 6.92 Å². The number of halogens is 3. The van der Waals surface area contributed by atoms with Crippen LogP contribution in [0.5, 0.6) is 0 Å². The van der Waals surface area contributed by atoms with Crippen molar-refractivity contribution in [2.24, 2.45) is 11.5 Å². The molecule has 4 N–H and O–H groups in total. The number of rotatable bonds is 4. The summed E-state index contributed by atoms with van der Waals surface area (Å²) < 4.78 is 39.7.